The van der Waals surface area contributed by atoms with Gasteiger partial charge in [-0.2, -0.15) is 0 Å². The average molecular weight is 551 g/mol. The first kappa shape index (κ1) is 26.6. The van der Waals surface area contributed by atoms with Gasteiger partial charge in [-0.1, -0.05) is 53.4 Å². The van der Waals surface area contributed by atoms with E-state index in [1.807, 2.05) is 12.1 Å². The maximum absolute atomic E-state index is 12.6. The minimum atomic E-state index is -1.05. The first-order chi connectivity index (χ1) is 18.4. The van der Waals surface area contributed by atoms with Crippen molar-refractivity contribution in [2.24, 2.45) is 0 Å². The third-order valence-corrected chi connectivity index (χ3v) is 7.01. The number of para-hydroxylation sites is 4. The lowest BCUT2D eigenvalue weighted by molar-refractivity contribution is -0.136. The molecule has 0 saturated heterocycles. The Bertz CT molecular complexity index is 1440. The molecule has 2 amide bonds. The predicted octanol–water partition coefficient (Wildman–Crippen LogP) is 5.08. The Labute approximate surface area is 226 Å². The number of carbonyl (C=O) groups is 3. The summed E-state index contributed by atoms with van der Waals surface area (Å²) in [5.74, 6) is -0.849. The number of rotatable bonds is 11. The normalized spacial score (nSPS) is 10.4. The fourth-order valence-electron chi connectivity index (χ4n) is 3.21. The molecule has 0 unspecified atom stereocenters. The van der Waals surface area contributed by atoms with Crippen molar-refractivity contribution in [3.05, 3.63) is 78.6 Å². The van der Waals surface area contributed by atoms with Gasteiger partial charge in [-0.25, -0.2) is 9.97 Å². The summed E-state index contributed by atoms with van der Waals surface area (Å²) in [6, 6.07) is 19.3. The summed E-state index contributed by atoms with van der Waals surface area (Å²) in [6.45, 7) is 0. The zero-order chi connectivity index (χ0) is 26.9. The van der Waals surface area contributed by atoms with Crippen LogP contribution in [0.5, 0.6) is 17.2 Å². The van der Waals surface area contributed by atoms with E-state index in [1.54, 1.807) is 60.8 Å². The van der Waals surface area contributed by atoms with Crippen LogP contribution in [0.1, 0.15) is 12.1 Å². The smallest absolute Gasteiger partial charge is 0.309 e. The Morgan fingerprint density at radius 2 is 1.61 bits per heavy atom. The van der Waals surface area contributed by atoms with Crippen molar-refractivity contribution in [3.63, 3.8) is 0 Å². The molecular formula is C26H22N4O6S2. The number of methoxy groups -OCH3 is 1. The van der Waals surface area contributed by atoms with Gasteiger partial charge in [0, 0.05) is 6.20 Å². The standard InChI is InChI=1S/C26H22N4O6S2/c1-35-19-10-4-5-11-20(19)36-18-9-3-2-8-16(18)28-21(31)15-22(32)30-26-29-17(14-24(33)34)25(38-26)37-23-12-6-7-13-27-23/h2-13H,14-15H2,1H3,(H,28,31)(H,33,34)(H,29,30,32). The molecule has 194 valence electrons. The first-order valence-electron chi connectivity index (χ1n) is 11.2. The second-order valence-electron chi connectivity index (χ2n) is 7.62. The highest BCUT2D eigenvalue weighted by molar-refractivity contribution is 8.01. The predicted molar refractivity (Wildman–Crippen MR) is 143 cm³/mol. The number of pyridine rings is 1. The molecule has 0 atom stereocenters. The quantitative estimate of drug-likeness (QED) is 0.218. The molecule has 10 nitrogen and oxygen atoms in total. The number of carbonyl (C=O) groups excluding carboxylic acids is 2. The maximum atomic E-state index is 12.6. The van der Waals surface area contributed by atoms with Crippen molar-refractivity contribution in [1.82, 2.24) is 9.97 Å². The summed E-state index contributed by atoms with van der Waals surface area (Å²) < 4.78 is 11.8. The van der Waals surface area contributed by atoms with Crippen LogP contribution in [0.3, 0.4) is 0 Å². The molecule has 38 heavy (non-hydrogen) atoms. The first-order valence-corrected chi connectivity index (χ1v) is 12.8. The molecule has 4 aromatic rings. The number of amides is 2. The van der Waals surface area contributed by atoms with Gasteiger partial charge in [0.05, 0.1) is 29.1 Å². The van der Waals surface area contributed by atoms with Crippen molar-refractivity contribution in [1.29, 1.82) is 0 Å². The Kier molecular flexibility index (Phi) is 8.90. The van der Waals surface area contributed by atoms with E-state index in [9.17, 15) is 19.5 Å². The minimum absolute atomic E-state index is 0.192. The molecule has 3 N–H and O–H groups in total. The molecule has 2 aromatic carbocycles. The number of hydrogen-bond donors (Lipinski definition) is 3. The van der Waals surface area contributed by atoms with Gasteiger partial charge in [-0.05, 0) is 36.4 Å². The van der Waals surface area contributed by atoms with Crippen molar-refractivity contribution in [3.8, 4) is 17.2 Å². The Hall–Kier alpha value is -4.42. The number of hydrogen-bond acceptors (Lipinski definition) is 9. The van der Waals surface area contributed by atoms with E-state index in [0.717, 1.165) is 11.3 Å². The highest BCUT2D eigenvalue weighted by Crippen LogP contribution is 2.37. The molecule has 0 bridgehead atoms. The largest absolute Gasteiger partial charge is 0.493 e. The molecule has 0 aliphatic carbocycles. The molecule has 2 aromatic heterocycles. The van der Waals surface area contributed by atoms with Crippen molar-refractivity contribution >= 4 is 51.7 Å². The fourth-order valence-corrected chi connectivity index (χ4v) is 5.29. The van der Waals surface area contributed by atoms with Gasteiger partial charge in [0.25, 0.3) is 0 Å². The molecule has 0 spiro atoms. The number of carboxylic acids is 1. The number of nitrogens with one attached hydrogen (secondary N) is 2. The summed E-state index contributed by atoms with van der Waals surface area (Å²) in [7, 11) is 1.53. The van der Waals surface area contributed by atoms with Gasteiger partial charge in [-0.3, -0.25) is 14.4 Å². The van der Waals surface area contributed by atoms with Gasteiger partial charge in [0.2, 0.25) is 11.8 Å². The van der Waals surface area contributed by atoms with Crippen LogP contribution in [0.15, 0.2) is 82.2 Å². The molecule has 4 rings (SSSR count). The SMILES string of the molecule is COc1ccccc1Oc1ccccc1NC(=O)CC(=O)Nc1nc(CC(=O)O)c(Sc2ccccn2)s1. The van der Waals surface area contributed by atoms with E-state index in [0.29, 0.717) is 37.9 Å². The number of aliphatic carboxylic acids is 1. The number of carboxylic acid groups (broad SMARTS) is 1. The van der Waals surface area contributed by atoms with E-state index in [-0.39, 0.29) is 11.6 Å². The lowest BCUT2D eigenvalue weighted by atomic mass is 10.2. The summed E-state index contributed by atoms with van der Waals surface area (Å²) in [6.07, 6.45) is 0.825. The minimum Gasteiger partial charge on any atom is -0.493 e. The molecular weight excluding hydrogens is 528 g/mol. The zero-order valence-electron chi connectivity index (χ0n) is 20.0. The van der Waals surface area contributed by atoms with E-state index in [2.05, 4.69) is 20.6 Å². The van der Waals surface area contributed by atoms with Crippen LogP contribution in [0.4, 0.5) is 10.8 Å². The monoisotopic (exact) mass is 550 g/mol. The fraction of sp³-hybridized carbons (Fsp3) is 0.115. The average Bonchev–Trinajstić information content (AvgIpc) is 3.25. The highest BCUT2D eigenvalue weighted by Gasteiger charge is 2.19. The van der Waals surface area contributed by atoms with Crippen LogP contribution >= 0.6 is 23.1 Å². The third kappa shape index (κ3) is 7.31. The molecule has 2 heterocycles. The van der Waals surface area contributed by atoms with Crippen molar-refractivity contribution < 1.29 is 29.0 Å². The van der Waals surface area contributed by atoms with E-state index < -0.39 is 24.2 Å². The second-order valence-corrected chi connectivity index (χ2v) is 9.90. The number of nitrogens with zero attached hydrogens (tertiary/aromatic N) is 2. The molecule has 0 aliphatic heterocycles. The highest BCUT2D eigenvalue weighted by atomic mass is 32.2. The molecule has 0 aliphatic rings. The van der Waals surface area contributed by atoms with Crippen LogP contribution in [-0.4, -0.2) is 40.0 Å². The number of thiazole rings is 1. The Balaban J connectivity index is 1.41. The third-order valence-electron chi connectivity index (χ3n) is 4.83. The lowest BCUT2D eigenvalue weighted by Crippen LogP contribution is -2.21. The van der Waals surface area contributed by atoms with Crippen molar-refractivity contribution in [2.75, 3.05) is 17.7 Å². The van der Waals surface area contributed by atoms with Gasteiger partial charge >= 0.3 is 5.97 Å². The van der Waals surface area contributed by atoms with E-state index >= 15 is 0 Å². The van der Waals surface area contributed by atoms with Gasteiger partial charge in [0.1, 0.15) is 11.4 Å². The van der Waals surface area contributed by atoms with Crippen molar-refractivity contribution in [2.45, 2.75) is 22.1 Å². The number of ether oxygens (including phenoxy) is 2. The van der Waals surface area contributed by atoms with Crippen LogP contribution in [0.25, 0.3) is 0 Å². The molecule has 0 fully saturated rings. The number of benzene rings is 2. The zero-order valence-corrected chi connectivity index (χ0v) is 21.7. The Morgan fingerprint density at radius 1 is 0.921 bits per heavy atom. The molecule has 12 heteroatoms. The van der Waals surface area contributed by atoms with Crippen LogP contribution in [0, 0.1) is 0 Å². The summed E-state index contributed by atoms with van der Waals surface area (Å²) in [4.78, 5) is 45.0. The summed E-state index contributed by atoms with van der Waals surface area (Å²) in [5, 5.41) is 15.4. The van der Waals surface area contributed by atoms with E-state index in [4.69, 9.17) is 9.47 Å². The van der Waals surface area contributed by atoms with Gasteiger partial charge in [-0.15, -0.1) is 0 Å². The van der Waals surface area contributed by atoms with E-state index in [1.165, 1.54) is 18.9 Å². The van der Waals surface area contributed by atoms with Crippen LogP contribution in [-0.2, 0) is 20.8 Å². The summed E-state index contributed by atoms with van der Waals surface area (Å²) in [5.41, 5.74) is 0.684. The second kappa shape index (κ2) is 12.7. The lowest BCUT2D eigenvalue weighted by Gasteiger charge is -2.14. The topological polar surface area (TPSA) is 140 Å². The number of anilines is 2. The van der Waals surface area contributed by atoms with Gasteiger partial charge < -0.3 is 25.2 Å². The van der Waals surface area contributed by atoms with Gasteiger partial charge in [0.15, 0.2) is 22.4 Å². The molecule has 0 saturated carbocycles. The van der Waals surface area contributed by atoms with Crippen LogP contribution in [0.2, 0.25) is 0 Å². The number of aromatic nitrogens is 2. The van der Waals surface area contributed by atoms with Crippen LogP contribution < -0.4 is 20.1 Å². The Morgan fingerprint density at radius 3 is 2.32 bits per heavy atom. The summed E-state index contributed by atoms with van der Waals surface area (Å²) >= 11 is 2.37. The molecule has 0 radical (unpaired) electrons. The maximum Gasteiger partial charge on any atom is 0.309 e.